The zero-order valence-electron chi connectivity index (χ0n) is 8.94. The van der Waals surface area contributed by atoms with Gasteiger partial charge in [-0.15, -0.1) is 0 Å². The molecule has 0 aliphatic rings. The number of hydrogen-bond acceptors (Lipinski definition) is 3. The highest BCUT2D eigenvalue weighted by atomic mass is 32.1. The van der Waals surface area contributed by atoms with E-state index < -0.39 is 5.92 Å². The molecule has 0 saturated carbocycles. The lowest BCUT2D eigenvalue weighted by molar-refractivity contribution is -0.117. The van der Waals surface area contributed by atoms with Gasteiger partial charge in [-0.25, -0.2) is 0 Å². The van der Waals surface area contributed by atoms with Crippen LogP contribution < -0.4 is 11.1 Å². The summed E-state index contributed by atoms with van der Waals surface area (Å²) in [7, 11) is 1.79. The van der Waals surface area contributed by atoms with Crippen LogP contribution in [0.2, 0.25) is 0 Å². The highest BCUT2D eigenvalue weighted by Gasteiger charge is 2.17. The van der Waals surface area contributed by atoms with Crippen molar-refractivity contribution in [1.82, 2.24) is 9.78 Å². The first-order chi connectivity index (χ1) is 6.91. The Labute approximate surface area is 93.6 Å². The number of carbonyl (C=O) groups is 1. The molecule has 0 bridgehead atoms. The van der Waals surface area contributed by atoms with E-state index in [1.165, 1.54) is 0 Å². The largest absolute Gasteiger partial charge is 0.393 e. The van der Waals surface area contributed by atoms with Gasteiger partial charge in [0.1, 0.15) is 0 Å². The molecule has 3 N–H and O–H groups in total. The second-order valence-electron chi connectivity index (χ2n) is 3.42. The molecule has 1 rings (SSSR count). The standard InChI is InChI=1S/C9H14N4OS/c1-5(8(10)15)9(14)11-7-4-13(3)12-6(7)2/h4-5H,1-3H3,(H2,10,15)(H,11,14). The minimum absolute atomic E-state index is 0.189. The van der Waals surface area contributed by atoms with Crippen molar-refractivity contribution in [2.75, 3.05) is 5.32 Å². The Balaban J connectivity index is 2.74. The molecule has 1 heterocycles. The van der Waals surface area contributed by atoms with Crippen LogP contribution in [0.15, 0.2) is 6.20 Å². The molecule has 0 fully saturated rings. The molecule has 15 heavy (non-hydrogen) atoms. The van der Waals surface area contributed by atoms with Gasteiger partial charge in [0, 0.05) is 13.2 Å². The fourth-order valence-electron chi connectivity index (χ4n) is 1.09. The highest BCUT2D eigenvalue weighted by Crippen LogP contribution is 2.12. The molecular formula is C9H14N4OS. The first-order valence-corrected chi connectivity index (χ1v) is 4.93. The van der Waals surface area contributed by atoms with Crippen molar-refractivity contribution < 1.29 is 4.79 Å². The summed E-state index contributed by atoms with van der Waals surface area (Å²) in [6.45, 7) is 3.49. The number of anilines is 1. The van der Waals surface area contributed by atoms with Crippen LogP contribution in [-0.4, -0.2) is 20.7 Å². The molecule has 1 atom stereocenters. The predicted octanol–water partition coefficient (Wildman–Crippen LogP) is 0.589. The minimum atomic E-state index is -0.473. The van der Waals surface area contributed by atoms with Crippen molar-refractivity contribution in [2.24, 2.45) is 18.7 Å². The molecule has 1 aromatic rings. The Morgan fingerprint density at radius 3 is 2.73 bits per heavy atom. The van der Waals surface area contributed by atoms with Crippen LogP contribution in [0.1, 0.15) is 12.6 Å². The average molecular weight is 226 g/mol. The minimum Gasteiger partial charge on any atom is -0.393 e. The lowest BCUT2D eigenvalue weighted by Gasteiger charge is -2.09. The first kappa shape index (κ1) is 11.6. The van der Waals surface area contributed by atoms with Gasteiger partial charge in [-0.05, 0) is 13.8 Å². The molecule has 6 heteroatoms. The third-order valence-electron chi connectivity index (χ3n) is 2.09. The average Bonchev–Trinajstić information content (AvgIpc) is 2.43. The monoisotopic (exact) mass is 226 g/mol. The van der Waals surface area contributed by atoms with Crippen LogP contribution in [0, 0.1) is 12.8 Å². The Bertz CT molecular complexity index is 399. The normalized spacial score (nSPS) is 12.2. The van der Waals surface area contributed by atoms with E-state index in [0.717, 1.165) is 5.69 Å². The fraction of sp³-hybridized carbons (Fsp3) is 0.444. The van der Waals surface area contributed by atoms with Gasteiger partial charge in [0.25, 0.3) is 0 Å². The third-order valence-corrected chi connectivity index (χ3v) is 2.44. The number of carbonyl (C=O) groups excluding carboxylic acids is 1. The van der Waals surface area contributed by atoms with Crippen LogP contribution >= 0.6 is 12.2 Å². The summed E-state index contributed by atoms with van der Waals surface area (Å²) in [4.78, 5) is 11.8. The van der Waals surface area contributed by atoms with Gasteiger partial charge in [-0.2, -0.15) is 5.10 Å². The summed E-state index contributed by atoms with van der Waals surface area (Å²) in [5.41, 5.74) is 6.83. The topological polar surface area (TPSA) is 72.9 Å². The van der Waals surface area contributed by atoms with Gasteiger partial charge in [0.2, 0.25) is 5.91 Å². The van der Waals surface area contributed by atoms with E-state index in [2.05, 4.69) is 10.4 Å². The van der Waals surface area contributed by atoms with Crippen LogP contribution in [0.5, 0.6) is 0 Å². The molecule has 0 aliphatic heterocycles. The number of nitrogens with zero attached hydrogens (tertiary/aromatic N) is 2. The molecule has 82 valence electrons. The van der Waals surface area contributed by atoms with Crippen molar-refractivity contribution in [3.63, 3.8) is 0 Å². The zero-order chi connectivity index (χ0) is 11.6. The highest BCUT2D eigenvalue weighted by molar-refractivity contribution is 7.80. The molecule has 1 amide bonds. The van der Waals surface area contributed by atoms with E-state index in [-0.39, 0.29) is 10.9 Å². The van der Waals surface area contributed by atoms with Gasteiger partial charge >= 0.3 is 0 Å². The van der Waals surface area contributed by atoms with Crippen molar-refractivity contribution >= 4 is 28.8 Å². The maximum Gasteiger partial charge on any atom is 0.234 e. The van der Waals surface area contributed by atoms with Gasteiger partial charge in [0.15, 0.2) is 0 Å². The summed E-state index contributed by atoms with van der Waals surface area (Å²) in [6, 6.07) is 0. The molecular weight excluding hydrogens is 212 g/mol. The predicted molar refractivity (Wildman–Crippen MR) is 62.5 cm³/mol. The van der Waals surface area contributed by atoms with Crippen LogP contribution in [0.25, 0.3) is 0 Å². The van der Waals surface area contributed by atoms with Gasteiger partial charge < -0.3 is 11.1 Å². The van der Waals surface area contributed by atoms with E-state index in [1.54, 1.807) is 24.9 Å². The van der Waals surface area contributed by atoms with Gasteiger partial charge in [0.05, 0.1) is 22.3 Å². The number of rotatable bonds is 3. The Kier molecular flexibility index (Phi) is 3.41. The van der Waals surface area contributed by atoms with Gasteiger partial charge in [-0.1, -0.05) is 12.2 Å². The number of thiocarbonyl (C=S) groups is 1. The molecule has 0 aliphatic carbocycles. The maximum atomic E-state index is 11.6. The van der Waals surface area contributed by atoms with E-state index in [9.17, 15) is 4.79 Å². The number of nitrogens with two attached hydrogens (primary N) is 1. The molecule has 0 saturated heterocycles. The smallest absolute Gasteiger partial charge is 0.234 e. The molecule has 0 aromatic carbocycles. The second-order valence-corrected chi connectivity index (χ2v) is 3.89. The summed E-state index contributed by atoms with van der Waals surface area (Å²) in [5, 5.41) is 6.83. The molecule has 0 radical (unpaired) electrons. The summed E-state index contributed by atoms with van der Waals surface area (Å²) < 4.78 is 1.64. The Morgan fingerprint density at radius 1 is 1.73 bits per heavy atom. The van der Waals surface area contributed by atoms with Crippen molar-refractivity contribution in [2.45, 2.75) is 13.8 Å². The molecule has 5 nitrogen and oxygen atoms in total. The number of aromatic nitrogens is 2. The summed E-state index contributed by atoms with van der Waals surface area (Å²) in [5.74, 6) is -0.682. The van der Waals surface area contributed by atoms with Crippen molar-refractivity contribution in [3.05, 3.63) is 11.9 Å². The zero-order valence-corrected chi connectivity index (χ0v) is 9.76. The third kappa shape index (κ3) is 2.76. The first-order valence-electron chi connectivity index (χ1n) is 4.52. The number of hydrogen-bond donors (Lipinski definition) is 2. The Morgan fingerprint density at radius 2 is 2.33 bits per heavy atom. The lowest BCUT2D eigenvalue weighted by atomic mass is 10.1. The van der Waals surface area contributed by atoms with Crippen molar-refractivity contribution in [1.29, 1.82) is 0 Å². The van der Waals surface area contributed by atoms with Crippen LogP contribution in [0.4, 0.5) is 5.69 Å². The van der Waals surface area contributed by atoms with Crippen LogP contribution in [0.3, 0.4) is 0 Å². The molecule has 1 unspecified atom stereocenters. The number of aryl methyl sites for hydroxylation is 2. The lowest BCUT2D eigenvalue weighted by Crippen LogP contribution is -2.30. The van der Waals surface area contributed by atoms with E-state index in [1.807, 2.05) is 6.92 Å². The second kappa shape index (κ2) is 4.39. The Hall–Kier alpha value is -1.43. The fourth-order valence-corrected chi connectivity index (χ4v) is 1.20. The molecule has 1 aromatic heterocycles. The maximum absolute atomic E-state index is 11.6. The summed E-state index contributed by atoms with van der Waals surface area (Å²) >= 11 is 4.74. The number of amides is 1. The number of nitrogens with one attached hydrogen (secondary N) is 1. The summed E-state index contributed by atoms with van der Waals surface area (Å²) in [6.07, 6.45) is 1.74. The van der Waals surface area contributed by atoms with E-state index in [0.29, 0.717) is 5.69 Å². The van der Waals surface area contributed by atoms with E-state index in [4.69, 9.17) is 18.0 Å². The van der Waals surface area contributed by atoms with E-state index >= 15 is 0 Å². The van der Waals surface area contributed by atoms with Crippen LogP contribution in [-0.2, 0) is 11.8 Å². The SMILES string of the molecule is Cc1nn(C)cc1NC(=O)C(C)C(N)=S. The van der Waals surface area contributed by atoms with Crippen molar-refractivity contribution in [3.8, 4) is 0 Å². The van der Waals surface area contributed by atoms with Gasteiger partial charge in [-0.3, -0.25) is 9.48 Å². The quantitative estimate of drug-likeness (QED) is 0.740. The molecule has 0 spiro atoms.